The summed E-state index contributed by atoms with van der Waals surface area (Å²) in [5.41, 5.74) is 8.33. The van der Waals surface area contributed by atoms with Crippen LogP contribution < -0.4 is 20.3 Å². The first-order valence-electron chi connectivity index (χ1n) is 10.1. The predicted octanol–water partition coefficient (Wildman–Crippen LogP) is 3.76. The maximum Gasteiger partial charge on any atom is 0.276 e. The summed E-state index contributed by atoms with van der Waals surface area (Å²) < 4.78 is 11.3. The molecule has 3 rings (SSSR count). The molecule has 0 bridgehead atoms. The molecule has 31 heavy (non-hydrogen) atoms. The third-order valence-corrected chi connectivity index (χ3v) is 4.85. The Balaban J connectivity index is 1.49. The highest BCUT2D eigenvalue weighted by molar-refractivity contribution is 5.97. The van der Waals surface area contributed by atoms with E-state index < -0.39 is 11.8 Å². The van der Waals surface area contributed by atoms with Gasteiger partial charge in [-0.2, -0.15) is 0 Å². The van der Waals surface area contributed by atoms with E-state index >= 15 is 0 Å². The molecular formula is C25H26N2O4. The highest BCUT2D eigenvalue weighted by Gasteiger charge is 2.13. The van der Waals surface area contributed by atoms with E-state index in [1.54, 1.807) is 30.3 Å². The predicted molar refractivity (Wildman–Crippen MR) is 119 cm³/mol. The van der Waals surface area contributed by atoms with E-state index in [4.69, 9.17) is 9.47 Å². The summed E-state index contributed by atoms with van der Waals surface area (Å²) in [7, 11) is 0. The van der Waals surface area contributed by atoms with Crippen LogP contribution in [0.1, 0.15) is 27.0 Å². The lowest BCUT2D eigenvalue weighted by atomic mass is 10.1. The number of carbonyl (C=O) groups excluding carboxylic acids is 2. The molecule has 0 heterocycles. The Morgan fingerprint density at radius 1 is 0.774 bits per heavy atom. The third-order valence-electron chi connectivity index (χ3n) is 4.85. The Hall–Kier alpha value is -3.80. The summed E-state index contributed by atoms with van der Waals surface area (Å²) in [6, 6.07) is 22.5. The smallest absolute Gasteiger partial charge is 0.276 e. The minimum absolute atomic E-state index is 0.209. The van der Waals surface area contributed by atoms with Gasteiger partial charge in [0.05, 0.1) is 12.2 Å². The fourth-order valence-electron chi connectivity index (χ4n) is 2.96. The molecule has 0 unspecified atom stereocenters. The third kappa shape index (κ3) is 6.34. The molecule has 0 aliphatic carbocycles. The van der Waals surface area contributed by atoms with Gasteiger partial charge in [-0.1, -0.05) is 54.6 Å². The zero-order valence-electron chi connectivity index (χ0n) is 17.7. The van der Waals surface area contributed by atoms with Gasteiger partial charge in [-0.25, -0.2) is 0 Å². The average Bonchev–Trinajstić information content (AvgIpc) is 2.79. The Bertz CT molecular complexity index is 1030. The quantitative estimate of drug-likeness (QED) is 0.546. The van der Waals surface area contributed by atoms with E-state index in [2.05, 4.69) is 10.9 Å². The molecule has 0 atom stereocenters. The number of nitrogens with one attached hydrogen (secondary N) is 2. The molecule has 3 aromatic rings. The van der Waals surface area contributed by atoms with E-state index in [9.17, 15) is 9.59 Å². The fraction of sp³-hybridized carbons (Fsp3) is 0.200. The van der Waals surface area contributed by atoms with Gasteiger partial charge in [0.2, 0.25) is 0 Å². The van der Waals surface area contributed by atoms with Crippen LogP contribution in [-0.4, -0.2) is 25.0 Å². The van der Waals surface area contributed by atoms with Gasteiger partial charge in [-0.05, 0) is 48.7 Å². The Morgan fingerprint density at radius 2 is 1.48 bits per heavy atom. The second-order valence-electron chi connectivity index (χ2n) is 7.07. The number of aryl methyl sites for hydroxylation is 1. The number of para-hydroxylation sites is 1. The fourth-order valence-corrected chi connectivity index (χ4v) is 2.96. The maximum absolute atomic E-state index is 12.5. The van der Waals surface area contributed by atoms with E-state index in [-0.39, 0.29) is 6.61 Å². The van der Waals surface area contributed by atoms with Crippen molar-refractivity contribution in [2.24, 2.45) is 0 Å². The molecular weight excluding hydrogens is 392 g/mol. The van der Waals surface area contributed by atoms with Crippen molar-refractivity contribution in [3.63, 3.8) is 0 Å². The van der Waals surface area contributed by atoms with Crippen LogP contribution in [0.4, 0.5) is 0 Å². The van der Waals surface area contributed by atoms with Gasteiger partial charge in [0, 0.05) is 6.42 Å². The highest BCUT2D eigenvalue weighted by atomic mass is 16.5. The van der Waals surface area contributed by atoms with Crippen molar-refractivity contribution in [1.82, 2.24) is 10.9 Å². The van der Waals surface area contributed by atoms with Crippen LogP contribution >= 0.6 is 0 Å². The van der Waals surface area contributed by atoms with E-state index in [0.717, 1.165) is 23.1 Å². The van der Waals surface area contributed by atoms with Crippen molar-refractivity contribution in [3.8, 4) is 11.5 Å². The van der Waals surface area contributed by atoms with E-state index in [0.29, 0.717) is 23.7 Å². The van der Waals surface area contributed by atoms with Crippen LogP contribution in [0.25, 0.3) is 0 Å². The lowest BCUT2D eigenvalue weighted by Gasteiger charge is -2.13. The summed E-state index contributed by atoms with van der Waals surface area (Å²) in [4.78, 5) is 24.6. The molecule has 0 radical (unpaired) electrons. The number of rotatable bonds is 8. The van der Waals surface area contributed by atoms with Crippen molar-refractivity contribution in [3.05, 3.63) is 95.1 Å². The zero-order valence-corrected chi connectivity index (χ0v) is 17.7. The summed E-state index contributed by atoms with van der Waals surface area (Å²) in [6.07, 6.45) is 0.725. The second kappa shape index (κ2) is 10.8. The number of benzene rings is 3. The molecule has 6 nitrogen and oxygen atoms in total. The van der Waals surface area contributed by atoms with Gasteiger partial charge >= 0.3 is 0 Å². The summed E-state index contributed by atoms with van der Waals surface area (Å²) in [5.74, 6) is 0.169. The number of hydrazine groups is 1. The molecule has 2 N–H and O–H groups in total. The minimum atomic E-state index is -0.463. The largest absolute Gasteiger partial charge is 0.492 e. The average molecular weight is 418 g/mol. The van der Waals surface area contributed by atoms with Gasteiger partial charge in [-0.3, -0.25) is 20.4 Å². The molecule has 0 saturated carbocycles. The number of ether oxygens (including phenoxy) is 2. The number of carbonyl (C=O) groups is 2. The van der Waals surface area contributed by atoms with Gasteiger partial charge in [0.15, 0.2) is 6.61 Å². The Labute approximate surface area is 182 Å². The zero-order chi connectivity index (χ0) is 22.1. The van der Waals surface area contributed by atoms with E-state index in [1.165, 1.54) is 0 Å². The molecule has 0 aromatic heterocycles. The van der Waals surface area contributed by atoms with Crippen molar-refractivity contribution in [2.45, 2.75) is 20.3 Å². The molecule has 160 valence electrons. The van der Waals surface area contributed by atoms with Crippen LogP contribution in [-0.2, 0) is 11.2 Å². The van der Waals surface area contributed by atoms with Crippen molar-refractivity contribution >= 4 is 11.8 Å². The van der Waals surface area contributed by atoms with Crippen LogP contribution in [0.2, 0.25) is 0 Å². The molecule has 0 spiro atoms. The molecule has 0 saturated heterocycles. The lowest BCUT2D eigenvalue weighted by Crippen LogP contribution is -2.44. The molecule has 2 amide bonds. The highest BCUT2D eigenvalue weighted by Crippen LogP contribution is 2.20. The Kier molecular flexibility index (Phi) is 7.65. The first-order chi connectivity index (χ1) is 15.0. The number of amides is 2. The van der Waals surface area contributed by atoms with Gasteiger partial charge < -0.3 is 9.47 Å². The molecule has 0 fully saturated rings. The number of hydrogen-bond acceptors (Lipinski definition) is 4. The first kappa shape index (κ1) is 21.9. The van der Waals surface area contributed by atoms with E-state index in [1.807, 2.05) is 56.3 Å². The first-order valence-corrected chi connectivity index (χ1v) is 10.1. The van der Waals surface area contributed by atoms with Crippen molar-refractivity contribution in [1.29, 1.82) is 0 Å². The lowest BCUT2D eigenvalue weighted by molar-refractivity contribution is -0.123. The normalized spacial score (nSPS) is 10.3. The summed E-state index contributed by atoms with van der Waals surface area (Å²) >= 11 is 0. The number of hydrogen-bond donors (Lipinski definition) is 2. The van der Waals surface area contributed by atoms with Gasteiger partial charge in [0.1, 0.15) is 11.5 Å². The maximum atomic E-state index is 12.5. The SMILES string of the molecule is Cc1cccc(OCC(=O)NNC(=O)c2ccccc2OCCc2ccccc2)c1C. The van der Waals surface area contributed by atoms with Gasteiger partial charge in [-0.15, -0.1) is 0 Å². The standard InChI is InChI=1S/C25H26N2O4/c1-18-9-8-14-22(19(18)2)31-17-24(28)26-27-25(29)21-12-6-7-13-23(21)30-16-15-20-10-4-3-5-11-20/h3-14H,15-17H2,1-2H3,(H,26,28)(H,27,29). The molecule has 3 aromatic carbocycles. The summed E-state index contributed by atoms with van der Waals surface area (Å²) in [5, 5.41) is 0. The van der Waals surface area contributed by atoms with Crippen molar-refractivity contribution in [2.75, 3.05) is 13.2 Å². The van der Waals surface area contributed by atoms with Gasteiger partial charge in [0.25, 0.3) is 11.8 Å². The van der Waals surface area contributed by atoms with Crippen molar-refractivity contribution < 1.29 is 19.1 Å². The van der Waals surface area contributed by atoms with Crippen LogP contribution in [0.5, 0.6) is 11.5 Å². The Morgan fingerprint density at radius 3 is 2.29 bits per heavy atom. The molecule has 6 heteroatoms. The van der Waals surface area contributed by atoms with Crippen LogP contribution in [0, 0.1) is 13.8 Å². The monoisotopic (exact) mass is 418 g/mol. The minimum Gasteiger partial charge on any atom is -0.492 e. The van der Waals surface area contributed by atoms with Crippen LogP contribution in [0.3, 0.4) is 0 Å². The molecule has 0 aliphatic rings. The topological polar surface area (TPSA) is 76.7 Å². The molecule has 0 aliphatic heterocycles. The van der Waals surface area contributed by atoms with Crippen LogP contribution in [0.15, 0.2) is 72.8 Å². The summed E-state index contributed by atoms with van der Waals surface area (Å²) in [6.45, 7) is 4.13. The second-order valence-corrected chi connectivity index (χ2v) is 7.07.